The smallest absolute Gasteiger partial charge is 0.124 e. The molecule has 0 heterocycles. The van der Waals surface area contributed by atoms with Gasteiger partial charge >= 0.3 is 0 Å². The summed E-state index contributed by atoms with van der Waals surface area (Å²) in [5, 5.41) is 2.43. The molecule has 0 radical (unpaired) electrons. The maximum Gasteiger partial charge on any atom is 0.124 e. The lowest BCUT2D eigenvalue weighted by Crippen LogP contribution is -2.13. The van der Waals surface area contributed by atoms with E-state index < -0.39 is 0 Å². The van der Waals surface area contributed by atoms with Gasteiger partial charge in [0.15, 0.2) is 0 Å². The van der Waals surface area contributed by atoms with Crippen LogP contribution >= 0.6 is 12.4 Å². The summed E-state index contributed by atoms with van der Waals surface area (Å²) < 4.78 is 5.50. The summed E-state index contributed by atoms with van der Waals surface area (Å²) in [6, 6.07) is 12.5. The molecule has 0 aliphatic heterocycles. The molecule has 2 aromatic carbocycles. The first-order chi connectivity index (χ1) is 9.13. The van der Waals surface area contributed by atoms with Gasteiger partial charge in [0.1, 0.15) is 5.75 Å². The van der Waals surface area contributed by atoms with Crippen molar-refractivity contribution in [2.45, 2.75) is 32.7 Å². The minimum atomic E-state index is 0. The number of hydrogen-bond donors (Lipinski definition) is 1. The molecule has 0 saturated carbocycles. The number of halogens is 1. The van der Waals surface area contributed by atoms with Crippen molar-refractivity contribution >= 4 is 23.2 Å². The van der Waals surface area contributed by atoms with Gasteiger partial charge in [0.05, 0.1) is 7.11 Å². The van der Waals surface area contributed by atoms with Gasteiger partial charge in [0, 0.05) is 11.6 Å². The number of ether oxygens (including phenoxy) is 1. The normalized spacial score (nSPS) is 12.2. The Bertz CT molecular complexity index is 554. The van der Waals surface area contributed by atoms with Gasteiger partial charge in [0.2, 0.25) is 0 Å². The van der Waals surface area contributed by atoms with Crippen LogP contribution in [0.15, 0.2) is 36.4 Å². The largest absolute Gasteiger partial charge is 0.496 e. The second-order valence-electron chi connectivity index (χ2n) is 5.48. The number of methoxy groups -OCH3 is 1. The number of nitrogens with two attached hydrogens (primary N) is 1. The summed E-state index contributed by atoms with van der Waals surface area (Å²) in [5.41, 5.74) is 7.55. The maximum absolute atomic E-state index is 6.41. The number of fused-ring (bicyclic) bond motifs is 1. The Morgan fingerprint density at radius 2 is 1.75 bits per heavy atom. The van der Waals surface area contributed by atoms with E-state index in [4.69, 9.17) is 10.5 Å². The topological polar surface area (TPSA) is 35.2 Å². The highest BCUT2D eigenvalue weighted by molar-refractivity contribution is 5.88. The van der Waals surface area contributed by atoms with Gasteiger partial charge in [-0.1, -0.05) is 44.2 Å². The third-order valence-corrected chi connectivity index (χ3v) is 3.58. The predicted octanol–water partition coefficient (Wildman–Crippen LogP) is 4.71. The van der Waals surface area contributed by atoms with Gasteiger partial charge in [-0.15, -0.1) is 12.4 Å². The predicted molar refractivity (Wildman–Crippen MR) is 88.7 cm³/mol. The summed E-state index contributed by atoms with van der Waals surface area (Å²) in [6.07, 6.45) is 2.12. The maximum atomic E-state index is 6.41. The Balaban J connectivity index is 0.00000200. The van der Waals surface area contributed by atoms with E-state index >= 15 is 0 Å². The molecule has 0 fully saturated rings. The zero-order chi connectivity index (χ0) is 13.8. The first kappa shape index (κ1) is 16.8. The van der Waals surface area contributed by atoms with Crippen LogP contribution in [0.5, 0.6) is 5.75 Å². The second kappa shape index (κ2) is 7.51. The van der Waals surface area contributed by atoms with Crippen molar-refractivity contribution in [1.29, 1.82) is 0 Å². The second-order valence-corrected chi connectivity index (χ2v) is 5.48. The van der Waals surface area contributed by atoms with E-state index in [0.29, 0.717) is 5.92 Å². The van der Waals surface area contributed by atoms with Crippen molar-refractivity contribution in [2.75, 3.05) is 7.11 Å². The highest BCUT2D eigenvalue weighted by Crippen LogP contribution is 2.34. The van der Waals surface area contributed by atoms with Crippen molar-refractivity contribution in [2.24, 2.45) is 11.7 Å². The summed E-state index contributed by atoms with van der Waals surface area (Å²) in [7, 11) is 1.71. The van der Waals surface area contributed by atoms with E-state index in [1.165, 1.54) is 10.8 Å². The standard InChI is InChI=1S/C17H23NO.ClH/c1-12(2)8-10-15(18)17-14-7-5-4-6-13(14)9-11-16(17)19-3;/h4-7,9,11-12,15H,8,10,18H2,1-3H3;1H/t15-;/m0./s1. The molecule has 1 atom stereocenters. The van der Waals surface area contributed by atoms with Crippen LogP contribution in [-0.4, -0.2) is 7.11 Å². The fraction of sp³-hybridized carbons (Fsp3) is 0.412. The fourth-order valence-corrected chi connectivity index (χ4v) is 2.49. The Hall–Kier alpha value is -1.25. The van der Waals surface area contributed by atoms with Crippen molar-refractivity contribution in [3.8, 4) is 5.75 Å². The SMILES string of the molecule is COc1ccc2ccccc2c1[C@@H](N)CCC(C)C.Cl. The highest BCUT2D eigenvalue weighted by atomic mass is 35.5. The van der Waals surface area contributed by atoms with Crippen LogP contribution in [0.25, 0.3) is 10.8 Å². The van der Waals surface area contributed by atoms with Gasteiger partial charge in [-0.25, -0.2) is 0 Å². The van der Waals surface area contributed by atoms with E-state index in [1.54, 1.807) is 7.11 Å². The van der Waals surface area contributed by atoms with E-state index in [2.05, 4.69) is 44.2 Å². The Morgan fingerprint density at radius 1 is 1.05 bits per heavy atom. The van der Waals surface area contributed by atoms with Crippen LogP contribution in [0.2, 0.25) is 0 Å². The molecule has 110 valence electrons. The first-order valence-corrected chi connectivity index (χ1v) is 6.94. The van der Waals surface area contributed by atoms with Gasteiger partial charge in [-0.2, -0.15) is 0 Å². The Labute approximate surface area is 127 Å². The summed E-state index contributed by atoms with van der Waals surface area (Å²) in [6.45, 7) is 4.46. The van der Waals surface area contributed by atoms with Crippen molar-refractivity contribution in [1.82, 2.24) is 0 Å². The number of hydrogen-bond acceptors (Lipinski definition) is 2. The number of benzene rings is 2. The zero-order valence-corrected chi connectivity index (χ0v) is 13.2. The Morgan fingerprint density at radius 3 is 2.40 bits per heavy atom. The molecule has 2 aromatic rings. The van der Waals surface area contributed by atoms with Crippen LogP contribution in [0, 0.1) is 5.92 Å². The number of rotatable bonds is 5. The quantitative estimate of drug-likeness (QED) is 0.867. The van der Waals surface area contributed by atoms with Crippen molar-refractivity contribution in [3.05, 3.63) is 42.0 Å². The van der Waals surface area contributed by atoms with E-state index in [0.717, 1.165) is 24.2 Å². The van der Waals surface area contributed by atoms with Crippen LogP contribution in [0.4, 0.5) is 0 Å². The third kappa shape index (κ3) is 3.65. The molecular formula is C17H24ClNO. The summed E-state index contributed by atoms with van der Waals surface area (Å²) >= 11 is 0. The average molecular weight is 294 g/mol. The molecule has 0 unspecified atom stereocenters. The molecule has 3 heteroatoms. The minimum absolute atomic E-state index is 0. The molecule has 0 aliphatic rings. The van der Waals surface area contributed by atoms with Gasteiger partial charge in [-0.05, 0) is 35.6 Å². The molecule has 0 aromatic heterocycles. The lowest BCUT2D eigenvalue weighted by Gasteiger charge is -2.19. The van der Waals surface area contributed by atoms with Crippen molar-refractivity contribution in [3.63, 3.8) is 0 Å². The molecule has 2 nitrogen and oxygen atoms in total. The molecule has 0 bridgehead atoms. The van der Waals surface area contributed by atoms with Crippen LogP contribution in [0.1, 0.15) is 38.3 Å². The molecule has 0 spiro atoms. The third-order valence-electron chi connectivity index (χ3n) is 3.58. The zero-order valence-electron chi connectivity index (χ0n) is 12.4. The highest BCUT2D eigenvalue weighted by Gasteiger charge is 2.15. The van der Waals surface area contributed by atoms with E-state index in [-0.39, 0.29) is 18.4 Å². The monoisotopic (exact) mass is 293 g/mol. The molecular weight excluding hydrogens is 270 g/mol. The lowest BCUT2D eigenvalue weighted by molar-refractivity contribution is 0.402. The van der Waals surface area contributed by atoms with Gasteiger partial charge in [-0.3, -0.25) is 0 Å². The molecule has 0 amide bonds. The van der Waals surface area contributed by atoms with Crippen LogP contribution in [-0.2, 0) is 0 Å². The Kier molecular flexibility index (Phi) is 6.31. The summed E-state index contributed by atoms with van der Waals surface area (Å²) in [4.78, 5) is 0. The first-order valence-electron chi connectivity index (χ1n) is 6.94. The molecule has 20 heavy (non-hydrogen) atoms. The fourth-order valence-electron chi connectivity index (χ4n) is 2.49. The van der Waals surface area contributed by atoms with Gasteiger partial charge < -0.3 is 10.5 Å². The van der Waals surface area contributed by atoms with Crippen LogP contribution in [0.3, 0.4) is 0 Å². The minimum Gasteiger partial charge on any atom is -0.496 e. The van der Waals surface area contributed by atoms with E-state index in [9.17, 15) is 0 Å². The molecule has 0 saturated heterocycles. The molecule has 0 aliphatic carbocycles. The lowest BCUT2D eigenvalue weighted by atomic mass is 9.93. The van der Waals surface area contributed by atoms with Crippen LogP contribution < -0.4 is 10.5 Å². The van der Waals surface area contributed by atoms with E-state index in [1.807, 2.05) is 6.07 Å². The molecule has 2 rings (SSSR count). The summed E-state index contributed by atoms with van der Waals surface area (Å²) in [5.74, 6) is 1.57. The van der Waals surface area contributed by atoms with Gasteiger partial charge in [0.25, 0.3) is 0 Å². The molecule has 2 N–H and O–H groups in total. The average Bonchev–Trinajstić information content (AvgIpc) is 2.43. The van der Waals surface area contributed by atoms with Crippen molar-refractivity contribution < 1.29 is 4.74 Å².